The molecule has 1 heterocycles. The van der Waals surface area contributed by atoms with Crippen molar-refractivity contribution < 1.29 is 13.2 Å². The van der Waals surface area contributed by atoms with Crippen LogP contribution in [0.15, 0.2) is 24.3 Å². The van der Waals surface area contributed by atoms with E-state index in [0.29, 0.717) is 24.1 Å². The van der Waals surface area contributed by atoms with Crippen LogP contribution in [0.2, 0.25) is 0 Å². The fraction of sp³-hybridized carbons (Fsp3) is 0.417. The average Bonchev–Trinajstić information content (AvgIpc) is 2.66. The highest BCUT2D eigenvalue weighted by atomic mass is 32.2. The molecule has 18 heavy (non-hydrogen) atoms. The van der Waals surface area contributed by atoms with E-state index in [2.05, 4.69) is 5.32 Å². The molecule has 1 fully saturated rings. The van der Waals surface area contributed by atoms with Crippen LogP contribution in [0, 0.1) is 0 Å². The van der Waals surface area contributed by atoms with Crippen LogP contribution in [0.1, 0.15) is 23.2 Å². The molecule has 1 saturated heterocycles. The van der Waals surface area contributed by atoms with E-state index >= 15 is 0 Å². The van der Waals surface area contributed by atoms with E-state index in [0.717, 1.165) is 0 Å². The summed E-state index contributed by atoms with van der Waals surface area (Å²) in [5, 5.41) is 2.19. The second kappa shape index (κ2) is 4.97. The Hall–Kier alpha value is -1.56. The summed E-state index contributed by atoms with van der Waals surface area (Å²) in [6.07, 6.45) is 1.29. The molecule has 3 N–H and O–H groups in total. The Kier molecular flexibility index (Phi) is 3.56. The minimum Gasteiger partial charge on any atom is -0.398 e. The molecule has 0 radical (unpaired) electrons. The molecule has 0 saturated carbocycles. The van der Waals surface area contributed by atoms with Gasteiger partial charge in [0.2, 0.25) is 0 Å². The third-order valence-electron chi connectivity index (χ3n) is 3.16. The molecule has 0 spiro atoms. The van der Waals surface area contributed by atoms with Crippen molar-refractivity contribution in [2.45, 2.75) is 18.1 Å². The zero-order valence-corrected chi connectivity index (χ0v) is 10.7. The van der Waals surface area contributed by atoms with Gasteiger partial charge in [0.25, 0.3) is 5.91 Å². The van der Waals surface area contributed by atoms with Crippen LogP contribution < -0.4 is 11.1 Å². The van der Waals surface area contributed by atoms with Crippen molar-refractivity contribution in [3.8, 4) is 0 Å². The Morgan fingerprint density at radius 2 is 2.11 bits per heavy atom. The van der Waals surface area contributed by atoms with Crippen LogP contribution in [-0.2, 0) is 9.84 Å². The predicted molar refractivity (Wildman–Crippen MR) is 70.0 cm³/mol. The summed E-state index contributed by atoms with van der Waals surface area (Å²) >= 11 is 0. The zero-order valence-electron chi connectivity index (χ0n) is 9.93. The van der Waals surface area contributed by atoms with E-state index in [-0.39, 0.29) is 18.2 Å². The van der Waals surface area contributed by atoms with Gasteiger partial charge >= 0.3 is 0 Å². The SMILES string of the molecule is Nc1ccccc1C(=O)NCC1CCCS1(=O)=O. The number of amides is 1. The standard InChI is InChI=1S/C12H16N2O3S/c13-11-6-2-1-5-10(11)12(15)14-8-9-4-3-7-18(9,16)17/h1-2,5-6,9H,3-4,7-8,13H2,(H,14,15). The number of anilines is 1. The molecule has 1 aliphatic rings. The number of nitrogens with two attached hydrogens (primary N) is 1. The second-order valence-corrected chi connectivity index (χ2v) is 6.83. The molecule has 0 bridgehead atoms. The molecule has 1 aromatic carbocycles. The van der Waals surface area contributed by atoms with Crippen molar-refractivity contribution in [1.29, 1.82) is 0 Å². The number of benzene rings is 1. The minimum absolute atomic E-state index is 0.162. The lowest BCUT2D eigenvalue weighted by atomic mass is 10.1. The van der Waals surface area contributed by atoms with Crippen LogP contribution in [-0.4, -0.2) is 31.9 Å². The van der Waals surface area contributed by atoms with Gasteiger partial charge in [0.15, 0.2) is 9.84 Å². The topological polar surface area (TPSA) is 89.3 Å². The van der Waals surface area contributed by atoms with Crippen LogP contribution in [0.4, 0.5) is 5.69 Å². The predicted octanol–water partition coefficient (Wildman–Crippen LogP) is 0.576. The van der Waals surface area contributed by atoms with Crippen molar-refractivity contribution in [2.75, 3.05) is 18.0 Å². The number of nitrogens with one attached hydrogen (secondary N) is 1. The summed E-state index contributed by atoms with van der Waals surface area (Å²) in [5.41, 5.74) is 6.45. The first-order valence-electron chi connectivity index (χ1n) is 5.85. The van der Waals surface area contributed by atoms with Crippen molar-refractivity contribution in [3.63, 3.8) is 0 Å². The molecule has 1 atom stereocenters. The lowest BCUT2D eigenvalue weighted by molar-refractivity contribution is 0.0954. The van der Waals surface area contributed by atoms with Gasteiger partial charge in [-0.15, -0.1) is 0 Å². The maximum atomic E-state index is 11.8. The van der Waals surface area contributed by atoms with Gasteiger partial charge in [0.05, 0.1) is 16.6 Å². The second-order valence-electron chi connectivity index (χ2n) is 4.43. The monoisotopic (exact) mass is 268 g/mol. The van der Waals surface area contributed by atoms with Crippen molar-refractivity contribution >= 4 is 21.4 Å². The summed E-state index contributed by atoms with van der Waals surface area (Å²) in [5.74, 6) is -0.101. The van der Waals surface area contributed by atoms with E-state index < -0.39 is 15.1 Å². The van der Waals surface area contributed by atoms with E-state index in [1.54, 1.807) is 24.3 Å². The number of hydrogen-bond donors (Lipinski definition) is 2. The highest BCUT2D eigenvalue weighted by Crippen LogP contribution is 2.19. The molecule has 1 aliphatic heterocycles. The van der Waals surface area contributed by atoms with Gasteiger partial charge in [-0.05, 0) is 25.0 Å². The first-order valence-corrected chi connectivity index (χ1v) is 7.56. The molecule has 1 amide bonds. The highest BCUT2D eigenvalue weighted by Gasteiger charge is 2.31. The maximum absolute atomic E-state index is 11.8. The zero-order chi connectivity index (χ0) is 13.2. The smallest absolute Gasteiger partial charge is 0.253 e. The normalized spacial score (nSPS) is 21.7. The summed E-state index contributed by atoms with van der Waals surface area (Å²) in [6, 6.07) is 6.72. The van der Waals surface area contributed by atoms with Crippen molar-refractivity contribution in [2.24, 2.45) is 0 Å². The fourth-order valence-corrected chi connectivity index (χ4v) is 3.86. The van der Waals surface area contributed by atoms with Gasteiger partial charge in [-0.1, -0.05) is 12.1 Å². The Bertz CT molecular complexity index is 554. The molecule has 98 valence electrons. The van der Waals surface area contributed by atoms with Gasteiger partial charge in [-0.25, -0.2) is 8.42 Å². The Labute approximate surface area is 106 Å². The third kappa shape index (κ3) is 2.64. The number of sulfone groups is 1. The molecular weight excluding hydrogens is 252 g/mol. The number of carbonyl (C=O) groups is 1. The van der Waals surface area contributed by atoms with Crippen LogP contribution in [0.3, 0.4) is 0 Å². The first kappa shape index (κ1) is 12.9. The quantitative estimate of drug-likeness (QED) is 0.785. The van der Waals surface area contributed by atoms with Crippen molar-refractivity contribution in [1.82, 2.24) is 5.32 Å². The van der Waals surface area contributed by atoms with Crippen molar-refractivity contribution in [3.05, 3.63) is 29.8 Å². The van der Waals surface area contributed by atoms with Gasteiger partial charge in [-0.2, -0.15) is 0 Å². The van der Waals surface area contributed by atoms with E-state index in [1.165, 1.54) is 0 Å². The summed E-state index contributed by atoms with van der Waals surface area (Å²) in [6.45, 7) is 0.162. The molecule has 6 heteroatoms. The van der Waals surface area contributed by atoms with Crippen LogP contribution >= 0.6 is 0 Å². The molecule has 0 aliphatic carbocycles. The number of para-hydroxylation sites is 1. The van der Waals surface area contributed by atoms with Crippen LogP contribution in [0.25, 0.3) is 0 Å². The maximum Gasteiger partial charge on any atom is 0.253 e. The number of rotatable bonds is 3. The minimum atomic E-state index is -3.02. The molecule has 1 unspecified atom stereocenters. The summed E-state index contributed by atoms with van der Waals surface area (Å²) in [7, 11) is -3.02. The number of nitrogen functional groups attached to an aromatic ring is 1. The fourth-order valence-electron chi connectivity index (χ4n) is 2.09. The van der Waals surface area contributed by atoms with Gasteiger partial charge < -0.3 is 11.1 Å². The molecule has 0 aromatic heterocycles. The molecule has 5 nitrogen and oxygen atoms in total. The molecule has 2 rings (SSSR count). The van der Waals surface area contributed by atoms with E-state index in [9.17, 15) is 13.2 Å². The van der Waals surface area contributed by atoms with Gasteiger partial charge in [-0.3, -0.25) is 4.79 Å². The third-order valence-corrected chi connectivity index (χ3v) is 5.43. The number of hydrogen-bond acceptors (Lipinski definition) is 4. The largest absolute Gasteiger partial charge is 0.398 e. The summed E-state index contributed by atoms with van der Waals surface area (Å²) in [4.78, 5) is 11.8. The molecule has 1 aromatic rings. The molecular formula is C12H16N2O3S. The highest BCUT2D eigenvalue weighted by molar-refractivity contribution is 7.92. The summed E-state index contributed by atoms with van der Waals surface area (Å²) < 4.78 is 23.2. The van der Waals surface area contributed by atoms with Crippen LogP contribution in [0.5, 0.6) is 0 Å². The Balaban J connectivity index is 1.99. The van der Waals surface area contributed by atoms with E-state index in [4.69, 9.17) is 5.73 Å². The van der Waals surface area contributed by atoms with Gasteiger partial charge in [0.1, 0.15) is 0 Å². The van der Waals surface area contributed by atoms with E-state index in [1.807, 2.05) is 0 Å². The Morgan fingerprint density at radius 3 is 2.72 bits per heavy atom. The Morgan fingerprint density at radius 1 is 1.39 bits per heavy atom. The first-order chi connectivity index (χ1) is 8.50. The average molecular weight is 268 g/mol. The number of carbonyl (C=O) groups excluding carboxylic acids is 1. The lowest BCUT2D eigenvalue weighted by Crippen LogP contribution is -2.34. The van der Waals surface area contributed by atoms with Gasteiger partial charge in [0, 0.05) is 12.2 Å². The lowest BCUT2D eigenvalue weighted by Gasteiger charge is -2.11.